The van der Waals surface area contributed by atoms with E-state index in [1.54, 1.807) is 11.1 Å². The topological polar surface area (TPSA) is 0 Å². The molecule has 1 radical (unpaired) electrons. The van der Waals surface area contributed by atoms with E-state index in [2.05, 4.69) is 103 Å². The molecular weight excluding hydrogens is 388 g/mol. The molecule has 3 aromatic carbocycles. The molecule has 3 aliphatic rings. The largest absolute Gasteiger partial charge is 0.0764 e. The fourth-order valence-electron chi connectivity index (χ4n) is 6.05. The van der Waals surface area contributed by atoms with Gasteiger partial charge in [-0.25, -0.2) is 0 Å². The van der Waals surface area contributed by atoms with Gasteiger partial charge in [0.2, 0.25) is 0 Å². The number of benzene rings is 3. The van der Waals surface area contributed by atoms with Crippen LogP contribution in [0.15, 0.2) is 91.0 Å². The zero-order chi connectivity index (χ0) is 20.6. The van der Waals surface area contributed by atoms with Gasteiger partial charge in [-0.1, -0.05) is 122 Å². The monoisotopic (exact) mass is 417 g/mol. The van der Waals surface area contributed by atoms with Crippen molar-refractivity contribution < 1.29 is 0 Å². The highest BCUT2D eigenvalue weighted by molar-refractivity contribution is 6.74. The number of fused-ring (bicyclic) bond motifs is 2. The summed E-state index contributed by atoms with van der Waals surface area (Å²) < 4.78 is 0. The molecule has 0 bridgehead atoms. The first kappa shape index (κ1) is 19.1. The van der Waals surface area contributed by atoms with E-state index in [1.165, 1.54) is 42.0 Å². The zero-order valence-corrected chi connectivity index (χ0v) is 19.0. The van der Waals surface area contributed by atoms with Crippen molar-refractivity contribution in [2.45, 2.75) is 48.2 Å². The van der Waals surface area contributed by atoms with Crippen LogP contribution in [0.5, 0.6) is 0 Å². The lowest BCUT2D eigenvalue weighted by atomic mass is 9.92. The first-order valence-electron chi connectivity index (χ1n) is 11.8. The fraction of sp³-hybridized carbons (Fsp3) is 0.267. The van der Waals surface area contributed by atoms with Crippen LogP contribution >= 0.6 is 0 Å². The molecule has 1 saturated heterocycles. The molecule has 4 atom stereocenters. The second kappa shape index (κ2) is 8.13. The smallest absolute Gasteiger partial charge is 0.0600 e. The number of hydrogen-bond acceptors (Lipinski definition) is 0. The van der Waals surface area contributed by atoms with Gasteiger partial charge in [0.25, 0.3) is 0 Å². The van der Waals surface area contributed by atoms with Crippen LogP contribution in [0.2, 0.25) is 11.1 Å². The Labute approximate surface area is 188 Å². The average Bonchev–Trinajstić information content (AvgIpc) is 3.15. The highest BCUT2D eigenvalue weighted by atomic mass is 28.3. The Bertz CT molecular complexity index is 1130. The third-order valence-electron chi connectivity index (χ3n) is 7.64. The summed E-state index contributed by atoms with van der Waals surface area (Å²) in [6.07, 6.45) is 13.7. The molecule has 153 valence electrons. The Kier molecular flexibility index (Phi) is 5.00. The van der Waals surface area contributed by atoms with Gasteiger partial charge >= 0.3 is 0 Å². The van der Waals surface area contributed by atoms with Crippen molar-refractivity contribution >= 4 is 20.9 Å². The molecule has 4 unspecified atom stereocenters. The molecule has 0 amide bonds. The van der Waals surface area contributed by atoms with Crippen LogP contribution in [0.4, 0.5) is 0 Å². The minimum Gasteiger partial charge on any atom is -0.0764 e. The first-order chi connectivity index (χ1) is 15.4. The predicted molar refractivity (Wildman–Crippen MR) is 134 cm³/mol. The summed E-state index contributed by atoms with van der Waals surface area (Å²) in [4.78, 5) is 0. The Morgan fingerprint density at radius 2 is 1.32 bits per heavy atom. The molecule has 2 aliphatic carbocycles. The number of allylic oxidation sites excluding steroid dienone is 2. The van der Waals surface area contributed by atoms with Crippen molar-refractivity contribution in [3.8, 4) is 0 Å². The summed E-state index contributed by atoms with van der Waals surface area (Å²) in [5.41, 5.74) is 9.40. The van der Waals surface area contributed by atoms with Gasteiger partial charge in [0.1, 0.15) is 0 Å². The lowest BCUT2D eigenvalue weighted by molar-refractivity contribution is 0.621. The van der Waals surface area contributed by atoms with E-state index in [9.17, 15) is 0 Å². The summed E-state index contributed by atoms with van der Waals surface area (Å²) in [6.45, 7) is 0. The zero-order valence-electron chi connectivity index (χ0n) is 18.0. The number of rotatable bonds is 7. The van der Waals surface area contributed by atoms with E-state index in [1.807, 2.05) is 0 Å². The molecule has 0 nitrogen and oxygen atoms in total. The Morgan fingerprint density at radius 1 is 0.645 bits per heavy atom. The van der Waals surface area contributed by atoms with Gasteiger partial charge in [0.15, 0.2) is 0 Å². The van der Waals surface area contributed by atoms with Gasteiger partial charge in [-0.3, -0.25) is 0 Å². The van der Waals surface area contributed by atoms with Crippen molar-refractivity contribution in [3.05, 3.63) is 119 Å². The minimum absolute atomic E-state index is 0.363. The fourth-order valence-corrected chi connectivity index (χ4v) is 10.1. The second-order valence-corrected chi connectivity index (χ2v) is 12.3. The average molecular weight is 418 g/mol. The van der Waals surface area contributed by atoms with Gasteiger partial charge < -0.3 is 0 Å². The van der Waals surface area contributed by atoms with Crippen molar-refractivity contribution in [2.75, 3.05) is 0 Å². The van der Waals surface area contributed by atoms with Crippen LogP contribution in [0, 0.1) is 0 Å². The molecule has 31 heavy (non-hydrogen) atoms. The lowest BCUT2D eigenvalue weighted by Crippen LogP contribution is -2.03. The van der Waals surface area contributed by atoms with Crippen LogP contribution in [0.25, 0.3) is 12.2 Å². The van der Waals surface area contributed by atoms with Gasteiger partial charge in [-0.15, -0.1) is 0 Å². The third-order valence-corrected chi connectivity index (χ3v) is 11.3. The molecule has 3 aromatic rings. The van der Waals surface area contributed by atoms with Crippen molar-refractivity contribution in [1.82, 2.24) is 0 Å². The molecule has 0 aromatic heterocycles. The normalized spacial score (nSPS) is 25.5. The van der Waals surface area contributed by atoms with Gasteiger partial charge in [-0.2, -0.15) is 0 Å². The van der Waals surface area contributed by atoms with E-state index in [0.717, 1.165) is 11.1 Å². The van der Waals surface area contributed by atoms with E-state index in [0.29, 0.717) is 11.8 Å². The molecule has 6 rings (SSSR count). The molecule has 0 saturated carbocycles. The maximum atomic E-state index is 2.51. The molecule has 0 spiro atoms. The van der Waals surface area contributed by atoms with Crippen LogP contribution in [-0.2, 0) is 6.04 Å². The van der Waals surface area contributed by atoms with E-state index in [-0.39, 0.29) is 8.80 Å². The lowest BCUT2D eigenvalue weighted by Gasteiger charge is -2.12. The van der Waals surface area contributed by atoms with Gasteiger partial charge in [-0.05, 0) is 45.8 Å². The van der Waals surface area contributed by atoms with Crippen LogP contribution < -0.4 is 0 Å². The van der Waals surface area contributed by atoms with E-state index in [4.69, 9.17) is 0 Å². The second-order valence-electron chi connectivity index (χ2n) is 9.41. The maximum Gasteiger partial charge on any atom is 0.0600 e. The Balaban J connectivity index is 1.15. The van der Waals surface area contributed by atoms with Gasteiger partial charge in [0, 0.05) is 11.8 Å². The highest BCUT2D eigenvalue weighted by Gasteiger charge is 2.54. The molecule has 1 heterocycles. The first-order valence-corrected chi connectivity index (χ1v) is 13.7. The van der Waals surface area contributed by atoms with Crippen LogP contribution in [0.1, 0.15) is 58.9 Å². The Morgan fingerprint density at radius 3 is 2.16 bits per heavy atom. The van der Waals surface area contributed by atoms with Crippen molar-refractivity contribution in [2.24, 2.45) is 0 Å². The van der Waals surface area contributed by atoms with Gasteiger partial charge in [0.05, 0.1) is 8.80 Å². The van der Waals surface area contributed by atoms with Crippen LogP contribution in [-0.4, -0.2) is 8.80 Å². The Hall–Kier alpha value is -2.64. The quantitative estimate of drug-likeness (QED) is 0.344. The molecular formula is C30H29Si. The summed E-state index contributed by atoms with van der Waals surface area (Å²) in [7, 11) is -0.363. The third kappa shape index (κ3) is 3.66. The number of hydrogen-bond donors (Lipinski definition) is 0. The summed E-state index contributed by atoms with van der Waals surface area (Å²) >= 11 is 0. The van der Waals surface area contributed by atoms with E-state index >= 15 is 0 Å². The van der Waals surface area contributed by atoms with Crippen molar-refractivity contribution in [1.29, 1.82) is 0 Å². The van der Waals surface area contributed by atoms with Crippen molar-refractivity contribution in [3.63, 3.8) is 0 Å². The van der Waals surface area contributed by atoms with E-state index < -0.39 is 0 Å². The summed E-state index contributed by atoms with van der Waals surface area (Å²) in [5.74, 6) is 1.29. The highest BCUT2D eigenvalue weighted by Crippen LogP contribution is 2.63. The standard InChI is InChI=1S/C30H29Si/c1-2-9-22(10-3-1)21-31-29(30(31)28-20-19-25-12-5-7-15-27(25)28)16-8-13-24-18-17-23-11-4-6-14-26(23)24/h1-7,9-12,14-15,17-20,24,28-30H,8,13,16,21H2. The van der Waals surface area contributed by atoms with Crippen LogP contribution in [0.3, 0.4) is 0 Å². The summed E-state index contributed by atoms with van der Waals surface area (Å²) in [6, 6.07) is 30.6. The minimum atomic E-state index is -0.363. The summed E-state index contributed by atoms with van der Waals surface area (Å²) in [5, 5.41) is 0. The molecule has 1 aliphatic heterocycles. The molecule has 1 heteroatoms. The molecule has 0 N–H and O–H groups in total. The molecule has 1 fully saturated rings. The SMILES string of the molecule is C1=CC(CCCC2C(C3C=Cc4ccccc43)[Si]2Cc2ccccc2)c2ccccc21. The maximum absolute atomic E-state index is 2.51. The predicted octanol–water partition coefficient (Wildman–Crippen LogP) is 7.81.